The highest BCUT2D eigenvalue weighted by molar-refractivity contribution is 14.0. The van der Waals surface area contributed by atoms with Gasteiger partial charge in [0.1, 0.15) is 5.75 Å². The molecule has 0 saturated carbocycles. The second kappa shape index (κ2) is 10.5. The van der Waals surface area contributed by atoms with Crippen molar-refractivity contribution in [1.82, 2.24) is 5.32 Å². The number of ether oxygens (including phenoxy) is 1. The minimum atomic E-state index is -0.155. The van der Waals surface area contributed by atoms with Gasteiger partial charge in [-0.1, -0.05) is 17.7 Å². The van der Waals surface area contributed by atoms with Crippen LogP contribution in [0.2, 0.25) is 0 Å². The van der Waals surface area contributed by atoms with Gasteiger partial charge in [0, 0.05) is 17.8 Å². The number of hydrogen-bond acceptors (Lipinski definition) is 3. The Morgan fingerprint density at radius 3 is 2.36 bits per heavy atom. The lowest BCUT2D eigenvalue weighted by Gasteiger charge is -2.07. The van der Waals surface area contributed by atoms with E-state index >= 15 is 0 Å². The molecular weight excluding hydrogens is 431 g/mol. The molecule has 0 atom stereocenters. The van der Waals surface area contributed by atoms with Crippen LogP contribution in [0.1, 0.15) is 15.9 Å². The standard InChI is InChI=1S/C18H22N4O2.HI/c1-13-3-7-15(8-4-13)22-18(19)21-12-11-20-17(23)14-5-9-16(24-2)10-6-14;/h3-10H,11-12H2,1-2H3,(H,20,23)(H3,19,21,22);1H. The number of aryl methyl sites for hydroxylation is 1. The molecule has 25 heavy (non-hydrogen) atoms. The number of halogens is 1. The van der Waals surface area contributed by atoms with Crippen LogP contribution in [0.5, 0.6) is 5.75 Å². The van der Waals surface area contributed by atoms with Gasteiger partial charge in [0.25, 0.3) is 5.91 Å². The highest BCUT2D eigenvalue weighted by Gasteiger charge is 2.04. The van der Waals surface area contributed by atoms with E-state index in [1.165, 1.54) is 5.56 Å². The molecule has 0 bridgehead atoms. The predicted octanol–water partition coefficient (Wildman–Crippen LogP) is 2.78. The van der Waals surface area contributed by atoms with Gasteiger partial charge in [-0.05, 0) is 43.3 Å². The maximum Gasteiger partial charge on any atom is 0.251 e. The van der Waals surface area contributed by atoms with Crippen LogP contribution in [-0.2, 0) is 0 Å². The normalized spacial score (nSPS) is 10.6. The number of benzene rings is 2. The lowest BCUT2D eigenvalue weighted by atomic mass is 10.2. The molecule has 1 amide bonds. The van der Waals surface area contributed by atoms with Crippen molar-refractivity contribution in [2.75, 3.05) is 25.5 Å². The molecule has 0 aromatic heterocycles. The molecule has 2 aromatic carbocycles. The zero-order chi connectivity index (χ0) is 17.4. The number of amides is 1. The van der Waals surface area contributed by atoms with Gasteiger partial charge in [-0.15, -0.1) is 24.0 Å². The summed E-state index contributed by atoms with van der Waals surface area (Å²) in [6.45, 7) is 2.82. The third-order valence-corrected chi connectivity index (χ3v) is 3.36. The first kappa shape index (κ1) is 20.8. The van der Waals surface area contributed by atoms with Crippen molar-refractivity contribution in [1.29, 1.82) is 0 Å². The second-order valence-corrected chi connectivity index (χ2v) is 5.24. The third-order valence-electron chi connectivity index (χ3n) is 3.36. The van der Waals surface area contributed by atoms with E-state index in [9.17, 15) is 4.79 Å². The maximum atomic E-state index is 12.0. The highest BCUT2D eigenvalue weighted by Crippen LogP contribution is 2.11. The number of anilines is 1. The van der Waals surface area contributed by atoms with Crippen LogP contribution < -0.4 is 21.1 Å². The van der Waals surface area contributed by atoms with Crippen LogP contribution in [0, 0.1) is 6.92 Å². The van der Waals surface area contributed by atoms with E-state index in [0.29, 0.717) is 30.4 Å². The molecule has 2 aromatic rings. The van der Waals surface area contributed by atoms with Crippen molar-refractivity contribution in [3.8, 4) is 5.75 Å². The molecule has 0 unspecified atom stereocenters. The summed E-state index contributed by atoms with van der Waals surface area (Å²) < 4.78 is 5.06. The van der Waals surface area contributed by atoms with Crippen molar-refractivity contribution in [2.24, 2.45) is 10.7 Å². The number of rotatable bonds is 6. The molecule has 4 N–H and O–H groups in total. The first-order valence-electron chi connectivity index (χ1n) is 7.64. The van der Waals surface area contributed by atoms with E-state index in [4.69, 9.17) is 10.5 Å². The molecule has 0 spiro atoms. The van der Waals surface area contributed by atoms with E-state index in [1.807, 2.05) is 31.2 Å². The Morgan fingerprint density at radius 1 is 1.12 bits per heavy atom. The van der Waals surface area contributed by atoms with E-state index in [0.717, 1.165) is 5.69 Å². The Balaban J connectivity index is 0.00000312. The monoisotopic (exact) mass is 454 g/mol. The van der Waals surface area contributed by atoms with Gasteiger partial charge in [0.15, 0.2) is 5.96 Å². The minimum Gasteiger partial charge on any atom is -0.497 e. The fraction of sp³-hybridized carbons (Fsp3) is 0.222. The minimum absolute atomic E-state index is 0. The number of carbonyl (C=O) groups excluding carboxylic acids is 1. The Hall–Kier alpha value is -2.29. The molecule has 7 heteroatoms. The lowest BCUT2D eigenvalue weighted by molar-refractivity contribution is 0.0955. The van der Waals surface area contributed by atoms with Crippen LogP contribution in [-0.4, -0.2) is 32.1 Å². The molecule has 0 saturated heterocycles. The molecule has 6 nitrogen and oxygen atoms in total. The number of methoxy groups -OCH3 is 1. The number of nitrogens with one attached hydrogen (secondary N) is 2. The van der Waals surface area contributed by atoms with Crippen molar-refractivity contribution in [3.63, 3.8) is 0 Å². The second-order valence-electron chi connectivity index (χ2n) is 5.24. The summed E-state index contributed by atoms with van der Waals surface area (Å²) >= 11 is 0. The lowest BCUT2D eigenvalue weighted by Crippen LogP contribution is -2.28. The third kappa shape index (κ3) is 7.00. The molecule has 0 heterocycles. The molecular formula is C18H23IN4O2. The predicted molar refractivity (Wildman–Crippen MR) is 112 cm³/mol. The van der Waals surface area contributed by atoms with Gasteiger partial charge < -0.3 is 21.1 Å². The number of carbonyl (C=O) groups is 1. The summed E-state index contributed by atoms with van der Waals surface area (Å²) in [5.41, 5.74) is 8.45. The summed E-state index contributed by atoms with van der Waals surface area (Å²) in [6.07, 6.45) is 0. The number of aliphatic imine (C=N–C) groups is 1. The molecule has 0 radical (unpaired) electrons. The average molecular weight is 454 g/mol. The quantitative estimate of drug-likeness (QED) is 0.271. The molecule has 2 rings (SSSR count). The zero-order valence-electron chi connectivity index (χ0n) is 14.3. The van der Waals surface area contributed by atoms with Gasteiger partial charge in [-0.2, -0.15) is 0 Å². The zero-order valence-corrected chi connectivity index (χ0v) is 16.6. The fourth-order valence-corrected chi connectivity index (χ4v) is 2.01. The summed E-state index contributed by atoms with van der Waals surface area (Å²) in [4.78, 5) is 16.1. The Labute approximate surface area is 164 Å². The van der Waals surface area contributed by atoms with Gasteiger partial charge >= 0.3 is 0 Å². The molecule has 134 valence electrons. The average Bonchev–Trinajstić information content (AvgIpc) is 2.60. The van der Waals surface area contributed by atoms with Gasteiger partial charge in [-0.25, -0.2) is 0 Å². The smallest absolute Gasteiger partial charge is 0.251 e. The number of nitrogens with two attached hydrogens (primary N) is 1. The van der Waals surface area contributed by atoms with Gasteiger partial charge in [0.05, 0.1) is 13.7 Å². The van der Waals surface area contributed by atoms with Crippen LogP contribution in [0.15, 0.2) is 53.5 Å². The summed E-state index contributed by atoms with van der Waals surface area (Å²) in [6, 6.07) is 14.8. The van der Waals surface area contributed by atoms with Crippen LogP contribution in [0.25, 0.3) is 0 Å². The van der Waals surface area contributed by atoms with E-state index in [1.54, 1.807) is 31.4 Å². The molecule has 0 fully saturated rings. The van der Waals surface area contributed by atoms with Crippen LogP contribution in [0.3, 0.4) is 0 Å². The molecule has 0 aliphatic heterocycles. The molecule has 0 aliphatic carbocycles. The largest absolute Gasteiger partial charge is 0.497 e. The van der Waals surface area contributed by atoms with Crippen LogP contribution >= 0.6 is 24.0 Å². The van der Waals surface area contributed by atoms with Crippen molar-refractivity contribution in [2.45, 2.75) is 6.92 Å². The first-order chi connectivity index (χ1) is 11.6. The summed E-state index contributed by atoms with van der Waals surface area (Å²) in [5.74, 6) is 0.876. The van der Waals surface area contributed by atoms with E-state index < -0.39 is 0 Å². The van der Waals surface area contributed by atoms with Crippen molar-refractivity contribution < 1.29 is 9.53 Å². The number of guanidine groups is 1. The molecule has 0 aliphatic rings. The highest BCUT2D eigenvalue weighted by atomic mass is 127. The summed E-state index contributed by atoms with van der Waals surface area (Å²) in [7, 11) is 1.59. The van der Waals surface area contributed by atoms with E-state index in [-0.39, 0.29) is 29.9 Å². The topological polar surface area (TPSA) is 88.7 Å². The number of hydrogen-bond donors (Lipinski definition) is 3. The summed E-state index contributed by atoms with van der Waals surface area (Å²) in [5, 5.41) is 5.80. The van der Waals surface area contributed by atoms with Gasteiger partial charge in [-0.3, -0.25) is 9.79 Å². The maximum absolute atomic E-state index is 12.0. The van der Waals surface area contributed by atoms with Crippen molar-refractivity contribution >= 4 is 41.5 Å². The van der Waals surface area contributed by atoms with E-state index in [2.05, 4.69) is 15.6 Å². The first-order valence-corrected chi connectivity index (χ1v) is 7.64. The Bertz CT molecular complexity index is 700. The SMILES string of the molecule is COc1ccc(C(=O)NCCN=C(N)Nc2ccc(C)cc2)cc1.I. The fourth-order valence-electron chi connectivity index (χ4n) is 2.01. The number of nitrogens with zero attached hydrogens (tertiary/aromatic N) is 1. The van der Waals surface area contributed by atoms with Gasteiger partial charge in [0.2, 0.25) is 0 Å². The Morgan fingerprint density at radius 2 is 1.76 bits per heavy atom. The van der Waals surface area contributed by atoms with Crippen LogP contribution in [0.4, 0.5) is 5.69 Å². The van der Waals surface area contributed by atoms with Crippen molar-refractivity contribution in [3.05, 3.63) is 59.7 Å². The Kier molecular flexibility index (Phi) is 8.76.